The Hall–Kier alpha value is -3.70. The van der Waals surface area contributed by atoms with E-state index in [1.165, 1.54) is 17.6 Å². The number of anilines is 1. The van der Waals surface area contributed by atoms with Crippen LogP contribution in [-0.4, -0.2) is 32.5 Å². The van der Waals surface area contributed by atoms with Crippen LogP contribution in [0.15, 0.2) is 35.1 Å². The van der Waals surface area contributed by atoms with E-state index in [4.69, 9.17) is 4.74 Å². The van der Waals surface area contributed by atoms with Gasteiger partial charge in [-0.25, -0.2) is 13.6 Å². The smallest absolute Gasteiger partial charge is 0.425 e. The predicted molar refractivity (Wildman–Crippen MR) is 116 cm³/mol. The zero-order valence-corrected chi connectivity index (χ0v) is 18.7. The molecule has 0 unspecified atom stereocenters. The Bertz CT molecular complexity index is 1350. The SMILES string of the molecule is Cc1cc(F)ccc1NC(=O)c1cc(F)c(-n2nc3n(c2=O)CCCC3)cc1O[C@@H](C)C(F)(F)F. The number of alkyl halides is 3. The molecule has 1 atom stereocenters. The summed E-state index contributed by atoms with van der Waals surface area (Å²) in [7, 11) is 0. The highest BCUT2D eigenvalue weighted by Crippen LogP contribution is 2.31. The summed E-state index contributed by atoms with van der Waals surface area (Å²) in [5, 5.41) is 6.55. The fraction of sp³-hybridized carbons (Fsp3) is 0.348. The van der Waals surface area contributed by atoms with Crippen molar-refractivity contribution < 1.29 is 31.5 Å². The van der Waals surface area contributed by atoms with Crippen molar-refractivity contribution in [1.29, 1.82) is 0 Å². The molecule has 0 saturated heterocycles. The summed E-state index contributed by atoms with van der Waals surface area (Å²) < 4.78 is 75.3. The molecule has 186 valence electrons. The number of rotatable bonds is 5. The van der Waals surface area contributed by atoms with Crippen molar-refractivity contribution in [3.63, 3.8) is 0 Å². The molecular formula is C23H21F5N4O3. The van der Waals surface area contributed by atoms with Gasteiger partial charge in [0.05, 0.1) is 5.56 Å². The number of benzene rings is 2. The molecule has 0 spiro atoms. The summed E-state index contributed by atoms with van der Waals surface area (Å²) in [6, 6.07) is 5.04. The van der Waals surface area contributed by atoms with Crippen molar-refractivity contribution >= 4 is 11.6 Å². The lowest BCUT2D eigenvalue weighted by Crippen LogP contribution is -2.32. The van der Waals surface area contributed by atoms with Crippen LogP contribution in [0.4, 0.5) is 27.6 Å². The molecule has 1 N–H and O–H groups in total. The van der Waals surface area contributed by atoms with Gasteiger partial charge in [-0.15, -0.1) is 5.10 Å². The maximum Gasteiger partial charge on any atom is 0.425 e. The van der Waals surface area contributed by atoms with E-state index in [1.807, 2.05) is 0 Å². The highest BCUT2D eigenvalue weighted by atomic mass is 19.4. The Morgan fingerprint density at radius 3 is 2.57 bits per heavy atom. The van der Waals surface area contributed by atoms with Crippen LogP contribution in [0.3, 0.4) is 0 Å². The molecule has 2 heterocycles. The van der Waals surface area contributed by atoms with Crippen LogP contribution < -0.4 is 15.7 Å². The van der Waals surface area contributed by atoms with Crippen molar-refractivity contribution in [2.45, 2.75) is 51.9 Å². The number of nitrogens with zero attached hydrogens (tertiary/aromatic N) is 3. The molecule has 1 aliphatic heterocycles. The Balaban J connectivity index is 1.79. The summed E-state index contributed by atoms with van der Waals surface area (Å²) in [5.41, 5.74) is -1.11. The summed E-state index contributed by atoms with van der Waals surface area (Å²) >= 11 is 0. The van der Waals surface area contributed by atoms with E-state index < -0.39 is 52.5 Å². The zero-order valence-electron chi connectivity index (χ0n) is 18.7. The van der Waals surface area contributed by atoms with E-state index in [2.05, 4.69) is 10.4 Å². The molecule has 7 nitrogen and oxygen atoms in total. The lowest BCUT2D eigenvalue weighted by Gasteiger charge is -2.20. The molecule has 0 radical (unpaired) electrons. The quantitative estimate of drug-likeness (QED) is 0.527. The maximum absolute atomic E-state index is 15.1. The average Bonchev–Trinajstić information content (AvgIpc) is 3.12. The van der Waals surface area contributed by atoms with Crippen molar-refractivity contribution in [2.75, 3.05) is 5.32 Å². The molecule has 4 rings (SSSR count). The van der Waals surface area contributed by atoms with Gasteiger partial charge in [-0.1, -0.05) is 0 Å². The first-order chi connectivity index (χ1) is 16.5. The topological polar surface area (TPSA) is 78.2 Å². The van der Waals surface area contributed by atoms with E-state index in [0.717, 1.165) is 42.6 Å². The molecule has 0 fully saturated rings. The fourth-order valence-electron chi connectivity index (χ4n) is 3.75. The minimum absolute atomic E-state index is 0.175. The van der Waals surface area contributed by atoms with Gasteiger partial charge in [-0.05, 0) is 56.5 Å². The first-order valence-corrected chi connectivity index (χ1v) is 10.8. The molecule has 0 aliphatic carbocycles. The van der Waals surface area contributed by atoms with Crippen molar-refractivity contribution in [3.05, 3.63) is 69.4 Å². The summed E-state index contributed by atoms with van der Waals surface area (Å²) in [5.74, 6) is -2.75. The van der Waals surface area contributed by atoms with Gasteiger partial charge in [0, 0.05) is 24.7 Å². The molecule has 1 amide bonds. The fourth-order valence-corrected chi connectivity index (χ4v) is 3.75. The first-order valence-electron chi connectivity index (χ1n) is 10.8. The largest absolute Gasteiger partial charge is 0.480 e. The van der Waals surface area contributed by atoms with Gasteiger partial charge in [-0.2, -0.15) is 17.9 Å². The van der Waals surface area contributed by atoms with Gasteiger partial charge in [-0.3, -0.25) is 9.36 Å². The van der Waals surface area contributed by atoms with Crippen molar-refractivity contribution in [1.82, 2.24) is 14.3 Å². The van der Waals surface area contributed by atoms with E-state index in [-0.39, 0.29) is 5.69 Å². The van der Waals surface area contributed by atoms with Crippen LogP contribution in [0.5, 0.6) is 5.75 Å². The molecule has 2 aromatic carbocycles. The molecule has 0 saturated carbocycles. The highest BCUT2D eigenvalue weighted by Gasteiger charge is 2.39. The first kappa shape index (κ1) is 24.4. The number of hydrogen-bond acceptors (Lipinski definition) is 4. The predicted octanol–water partition coefficient (Wildman–Crippen LogP) is 4.54. The monoisotopic (exact) mass is 496 g/mol. The van der Waals surface area contributed by atoms with E-state index >= 15 is 4.39 Å². The Morgan fingerprint density at radius 2 is 1.91 bits per heavy atom. The number of amides is 1. The van der Waals surface area contributed by atoms with Crippen LogP contribution in [0.2, 0.25) is 0 Å². The van der Waals surface area contributed by atoms with E-state index in [0.29, 0.717) is 30.4 Å². The third-order valence-corrected chi connectivity index (χ3v) is 5.69. The van der Waals surface area contributed by atoms with Crippen LogP contribution in [0, 0.1) is 18.6 Å². The van der Waals surface area contributed by atoms with Crippen LogP contribution >= 0.6 is 0 Å². The van der Waals surface area contributed by atoms with Gasteiger partial charge >= 0.3 is 11.9 Å². The molecule has 12 heteroatoms. The number of nitrogens with one attached hydrogen (secondary N) is 1. The van der Waals surface area contributed by atoms with Gasteiger partial charge in [0.15, 0.2) is 6.10 Å². The molecule has 3 aromatic rings. The standard InChI is InChI=1S/C23H21F5N4O3/c1-12-9-14(24)6-7-17(12)29-21(33)15-10-16(25)18(11-19(15)35-13(2)23(26,27)28)32-22(34)31-8-4-3-5-20(31)30-32/h6-7,9-11,13H,3-5,8H2,1-2H3,(H,29,33)/t13-/m0/s1. The van der Waals surface area contributed by atoms with Gasteiger partial charge in [0.2, 0.25) is 0 Å². The van der Waals surface area contributed by atoms with Crippen molar-refractivity contribution in [3.8, 4) is 11.4 Å². The Labute approximate surface area is 196 Å². The van der Waals surface area contributed by atoms with Crippen LogP contribution in [0.1, 0.15) is 41.5 Å². The van der Waals surface area contributed by atoms with Crippen LogP contribution in [-0.2, 0) is 13.0 Å². The minimum Gasteiger partial charge on any atom is -0.480 e. The lowest BCUT2D eigenvalue weighted by atomic mass is 10.1. The molecule has 1 aliphatic rings. The number of ether oxygens (including phenoxy) is 1. The number of aryl methyl sites for hydroxylation is 2. The second-order valence-corrected chi connectivity index (χ2v) is 8.23. The highest BCUT2D eigenvalue weighted by molar-refractivity contribution is 6.06. The summed E-state index contributed by atoms with van der Waals surface area (Å²) in [6.45, 7) is 2.64. The Kier molecular flexibility index (Phi) is 6.39. The average molecular weight is 496 g/mol. The van der Waals surface area contributed by atoms with Crippen molar-refractivity contribution in [2.24, 2.45) is 0 Å². The maximum atomic E-state index is 15.1. The number of fused-ring (bicyclic) bond motifs is 1. The third kappa shape index (κ3) is 4.91. The van der Waals surface area contributed by atoms with Gasteiger partial charge in [0.1, 0.15) is 28.9 Å². The zero-order chi connectivity index (χ0) is 25.5. The second kappa shape index (κ2) is 9.16. The van der Waals surface area contributed by atoms with Gasteiger partial charge in [0.25, 0.3) is 5.91 Å². The number of carbonyl (C=O) groups excluding carboxylic acids is 1. The summed E-state index contributed by atoms with van der Waals surface area (Å²) in [4.78, 5) is 25.7. The van der Waals surface area contributed by atoms with Gasteiger partial charge < -0.3 is 10.1 Å². The molecule has 0 bridgehead atoms. The normalized spacial score (nSPS) is 14.4. The molecular weight excluding hydrogens is 475 g/mol. The molecule has 1 aromatic heterocycles. The Morgan fingerprint density at radius 1 is 1.17 bits per heavy atom. The number of hydrogen-bond donors (Lipinski definition) is 1. The number of halogens is 5. The second-order valence-electron chi connectivity index (χ2n) is 8.23. The number of aromatic nitrogens is 3. The lowest BCUT2D eigenvalue weighted by molar-refractivity contribution is -0.189. The summed E-state index contributed by atoms with van der Waals surface area (Å²) in [6.07, 6.45) is -5.10. The number of carbonyl (C=O) groups is 1. The minimum atomic E-state index is -4.78. The van der Waals surface area contributed by atoms with Crippen LogP contribution in [0.25, 0.3) is 5.69 Å². The third-order valence-electron chi connectivity index (χ3n) is 5.69. The van der Waals surface area contributed by atoms with E-state index in [1.54, 1.807) is 0 Å². The molecule has 35 heavy (non-hydrogen) atoms. The van der Waals surface area contributed by atoms with E-state index in [9.17, 15) is 27.2 Å².